The van der Waals surface area contributed by atoms with E-state index in [1.807, 2.05) is 4.90 Å². The monoisotopic (exact) mass is 344 g/mol. The Morgan fingerprint density at radius 1 is 1.35 bits per heavy atom. The van der Waals surface area contributed by atoms with Gasteiger partial charge in [-0.3, -0.25) is 4.90 Å². The Bertz CT molecular complexity index is 511. The first kappa shape index (κ1) is 14.4. The minimum Gasteiger partial charge on any atom is -0.303 e. The summed E-state index contributed by atoms with van der Waals surface area (Å²) >= 11 is 3.57. The van der Waals surface area contributed by atoms with Crippen molar-refractivity contribution >= 4 is 15.9 Å². The number of fused-ring (bicyclic) bond motifs is 2. The fraction of sp³-hybridized carbons (Fsp3) is 0.600. The van der Waals surface area contributed by atoms with Gasteiger partial charge in [0.25, 0.3) is 6.43 Å². The van der Waals surface area contributed by atoms with Gasteiger partial charge >= 0.3 is 0 Å². The van der Waals surface area contributed by atoms with E-state index in [-0.39, 0.29) is 12.1 Å². The molecule has 2 aliphatic heterocycles. The highest BCUT2D eigenvalue weighted by Crippen LogP contribution is 2.41. The molecule has 0 atom stereocenters. The van der Waals surface area contributed by atoms with Crippen molar-refractivity contribution in [3.05, 3.63) is 33.3 Å². The molecule has 0 saturated carbocycles. The zero-order valence-corrected chi connectivity index (χ0v) is 13.1. The first-order valence-corrected chi connectivity index (χ1v) is 7.84. The van der Waals surface area contributed by atoms with Crippen LogP contribution >= 0.6 is 15.9 Å². The van der Waals surface area contributed by atoms with Crippen molar-refractivity contribution in [2.45, 2.75) is 38.3 Å². The van der Waals surface area contributed by atoms with Crippen LogP contribution in [0, 0.1) is 6.92 Å². The zero-order chi connectivity index (χ0) is 14.3. The molecular weight excluding hydrogens is 326 g/mol. The molecule has 20 heavy (non-hydrogen) atoms. The predicted molar refractivity (Wildman–Crippen MR) is 79.1 cm³/mol. The summed E-state index contributed by atoms with van der Waals surface area (Å²) in [6.07, 6.45) is -0.421. The summed E-state index contributed by atoms with van der Waals surface area (Å²) < 4.78 is 26.0. The number of aryl methyl sites for hydroxylation is 1. The molecule has 2 heterocycles. The van der Waals surface area contributed by atoms with Crippen molar-refractivity contribution in [1.82, 2.24) is 10.2 Å². The lowest BCUT2D eigenvalue weighted by Crippen LogP contribution is -2.48. The highest BCUT2D eigenvalue weighted by molar-refractivity contribution is 9.10. The number of hydrogen-bond acceptors (Lipinski definition) is 2. The van der Waals surface area contributed by atoms with Crippen LogP contribution in [-0.4, -0.2) is 31.0 Å². The third kappa shape index (κ3) is 2.51. The molecule has 1 aromatic carbocycles. The number of halogens is 3. The summed E-state index contributed by atoms with van der Waals surface area (Å²) in [5.41, 5.74) is 4.04. The van der Waals surface area contributed by atoms with E-state index in [0.29, 0.717) is 0 Å². The first-order valence-electron chi connectivity index (χ1n) is 7.05. The number of rotatable bonds is 2. The molecule has 0 amide bonds. The fourth-order valence-electron chi connectivity index (χ4n) is 3.55. The average molecular weight is 345 g/mol. The predicted octanol–water partition coefficient (Wildman–Crippen LogP) is 3.42. The van der Waals surface area contributed by atoms with Crippen molar-refractivity contribution in [2.24, 2.45) is 0 Å². The van der Waals surface area contributed by atoms with Crippen LogP contribution in [0.4, 0.5) is 8.78 Å². The highest BCUT2D eigenvalue weighted by Gasteiger charge is 2.41. The molecule has 1 aromatic rings. The van der Waals surface area contributed by atoms with Crippen molar-refractivity contribution in [3.8, 4) is 0 Å². The molecule has 0 radical (unpaired) electrons. The van der Waals surface area contributed by atoms with Crippen LogP contribution < -0.4 is 5.32 Å². The number of likely N-dealkylation sites (tertiary alicyclic amines) is 1. The van der Waals surface area contributed by atoms with Gasteiger partial charge in [0.15, 0.2) is 0 Å². The molecule has 1 fully saturated rings. The standard InChI is InChI=1S/C15H19BrF2N2/c1-10-6-11(16)7-13-12(10)8-19-15(13)2-4-20(5-3-15)9-14(17)18/h6-7,14,19H,2-5,8-9H2,1H3. The van der Waals surface area contributed by atoms with E-state index in [1.54, 1.807) is 0 Å². The average Bonchev–Trinajstić information content (AvgIpc) is 2.71. The van der Waals surface area contributed by atoms with E-state index in [4.69, 9.17) is 0 Å². The maximum Gasteiger partial charge on any atom is 0.251 e. The van der Waals surface area contributed by atoms with Crippen molar-refractivity contribution in [2.75, 3.05) is 19.6 Å². The lowest BCUT2D eigenvalue weighted by Gasteiger charge is -2.40. The van der Waals surface area contributed by atoms with Gasteiger partial charge in [0, 0.05) is 29.6 Å². The van der Waals surface area contributed by atoms with Gasteiger partial charge in [-0.15, -0.1) is 0 Å². The number of nitrogens with one attached hydrogen (secondary N) is 1. The molecule has 1 spiro atoms. The van der Waals surface area contributed by atoms with E-state index in [0.717, 1.165) is 36.9 Å². The van der Waals surface area contributed by atoms with Crippen LogP contribution in [0.25, 0.3) is 0 Å². The molecule has 1 saturated heterocycles. The smallest absolute Gasteiger partial charge is 0.251 e. The molecule has 2 aliphatic rings. The second-order valence-electron chi connectivity index (χ2n) is 5.88. The van der Waals surface area contributed by atoms with Crippen LogP contribution in [0.5, 0.6) is 0 Å². The van der Waals surface area contributed by atoms with Gasteiger partial charge in [-0.2, -0.15) is 0 Å². The van der Waals surface area contributed by atoms with Crippen molar-refractivity contribution in [3.63, 3.8) is 0 Å². The largest absolute Gasteiger partial charge is 0.303 e. The molecular formula is C15H19BrF2N2. The second kappa shape index (κ2) is 5.35. The summed E-state index contributed by atoms with van der Waals surface area (Å²) in [5, 5.41) is 3.64. The Labute approximate surface area is 126 Å². The van der Waals surface area contributed by atoms with Crippen LogP contribution in [0.1, 0.15) is 29.5 Å². The number of alkyl halides is 2. The van der Waals surface area contributed by atoms with E-state index >= 15 is 0 Å². The summed E-state index contributed by atoms with van der Waals surface area (Å²) in [6, 6.07) is 4.34. The lowest BCUT2D eigenvalue weighted by molar-refractivity contribution is 0.0580. The van der Waals surface area contributed by atoms with Gasteiger partial charge in [-0.25, -0.2) is 8.78 Å². The third-order valence-electron chi connectivity index (χ3n) is 4.66. The Morgan fingerprint density at radius 2 is 2.05 bits per heavy atom. The normalized spacial score (nSPS) is 21.6. The van der Waals surface area contributed by atoms with E-state index in [9.17, 15) is 8.78 Å². The quantitative estimate of drug-likeness (QED) is 0.884. The highest BCUT2D eigenvalue weighted by atomic mass is 79.9. The zero-order valence-electron chi connectivity index (χ0n) is 11.6. The number of benzene rings is 1. The number of piperidine rings is 1. The summed E-state index contributed by atoms with van der Waals surface area (Å²) in [5.74, 6) is 0. The summed E-state index contributed by atoms with van der Waals surface area (Å²) in [7, 11) is 0. The van der Waals surface area contributed by atoms with Gasteiger partial charge in [-0.1, -0.05) is 15.9 Å². The van der Waals surface area contributed by atoms with Gasteiger partial charge in [0.2, 0.25) is 0 Å². The first-order chi connectivity index (χ1) is 9.50. The van der Waals surface area contributed by atoms with E-state index < -0.39 is 6.43 Å². The SMILES string of the molecule is Cc1cc(Br)cc2c1CNC21CCN(CC(F)F)CC1. The molecule has 5 heteroatoms. The van der Waals surface area contributed by atoms with E-state index in [1.165, 1.54) is 16.7 Å². The summed E-state index contributed by atoms with van der Waals surface area (Å²) in [6.45, 7) is 4.41. The topological polar surface area (TPSA) is 15.3 Å². The Morgan fingerprint density at radius 3 is 2.70 bits per heavy atom. The molecule has 3 rings (SSSR count). The van der Waals surface area contributed by atoms with E-state index in [2.05, 4.69) is 40.3 Å². The van der Waals surface area contributed by atoms with Gasteiger partial charge in [0.05, 0.1) is 6.54 Å². The minimum absolute atomic E-state index is 0.0114. The molecule has 2 nitrogen and oxygen atoms in total. The van der Waals surface area contributed by atoms with Crippen LogP contribution in [0.15, 0.2) is 16.6 Å². The fourth-order valence-corrected chi connectivity index (χ4v) is 4.12. The second-order valence-corrected chi connectivity index (χ2v) is 6.79. The Balaban J connectivity index is 1.81. The maximum absolute atomic E-state index is 12.5. The van der Waals surface area contributed by atoms with Crippen LogP contribution in [-0.2, 0) is 12.1 Å². The Kier molecular flexibility index (Phi) is 3.86. The van der Waals surface area contributed by atoms with Crippen LogP contribution in [0.3, 0.4) is 0 Å². The number of nitrogens with zero attached hydrogens (tertiary/aromatic N) is 1. The molecule has 0 bridgehead atoms. The van der Waals surface area contributed by atoms with Gasteiger partial charge in [-0.05, 0) is 48.6 Å². The molecule has 1 N–H and O–H groups in total. The summed E-state index contributed by atoms with van der Waals surface area (Å²) in [4.78, 5) is 1.88. The molecule has 0 aromatic heterocycles. The molecule has 0 unspecified atom stereocenters. The van der Waals surface area contributed by atoms with Gasteiger partial charge < -0.3 is 5.32 Å². The third-order valence-corrected chi connectivity index (χ3v) is 5.12. The minimum atomic E-state index is -2.23. The molecule has 110 valence electrons. The van der Waals surface area contributed by atoms with Gasteiger partial charge in [0.1, 0.15) is 0 Å². The van der Waals surface area contributed by atoms with Crippen molar-refractivity contribution in [1.29, 1.82) is 0 Å². The Hall–Kier alpha value is -0.520. The lowest BCUT2D eigenvalue weighted by atomic mass is 9.81. The van der Waals surface area contributed by atoms with Crippen molar-refractivity contribution < 1.29 is 8.78 Å². The molecule has 0 aliphatic carbocycles. The van der Waals surface area contributed by atoms with Crippen LogP contribution in [0.2, 0.25) is 0 Å². The number of hydrogen-bond donors (Lipinski definition) is 1. The maximum atomic E-state index is 12.5.